The second-order valence-corrected chi connectivity index (χ2v) is 5.61. The van der Waals surface area contributed by atoms with Crippen molar-refractivity contribution in [2.75, 3.05) is 11.9 Å². The summed E-state index contributed by atoms with van der Waals surface area (Å²) in [5, 5.41) is 34.2. The molecule has 0 saturated heterocycles. The van der Waals surface area contributed by atoms with Crippen molar-refractivity contribution in [3.8, 4) is 17.5 Å². The third-order valence-corrected chi connectivity index (χ3v) is 3.67. The lowest BCUT2D eigenvalue weighted by Crippen LogP contribution is -2.26. The molecule has 0 atom stereocenters. The van der Waals surface area contributed by atoms with Crippen molar-refractivity contribution >= 4 is 17.5 Å². The molecule has 0 aliphatic heterocycles. The van der Waals surface area contributed by atoms with Crippen LogP contribution in [0, 0.1) is 0 Å². The summed E-state index contributed by atoms with van der Waals surface area (Å²) in [6.45, 7) is 0.609. The molecule has 1 amide bonds. The first kappa shape index (κ1) is 18.0. The van der Waals surface area contributed by atoms with E-state index in [4.69, 9.17) is 0 Å². The molecule has 0 aliphatic carbocycles. The molecule has 3 aromatic rings. The molecule has 0 radical (unpaired) electrons. The maximum absolute atomic E-state index is 12.3. The first-order valence-corrected chi connectivity index (χ1v) is 8.14. The summed E-state index contributed by atoms with van der Waals surface area (Å²) in [4.78, 5) is 23.8. The molecule has 10 nitrogen and oxygen atoms in total. The predicted molar refractivity (Wildman–Crippen MR) is 95.9 cm³/mol. The topological polar surface area (TPSA) is 145 Å². The monoisotopic (exact) mass is 370 g/mol. The van der Waals surface area contributed by atoms with Crippen molar-refractivity contribution in [3.05, 3.63) is 48.5 Å². The summed E-state index contributed by atoms with van der Waals surface area (Å²) in [6, 6.07) is 9.19. The van der Waals surface area contributed by atoms with E-state index in [-0.39, 0.29) is 29.8 Å². The highest BCUT2D eigenvalue weighted by Gasteiger charge is 2.15. The van der Waals surface area contributed by atoms with Crippen molar-refractivity contribution in [1.82, 2.24) is 24.8 Å². The summed E-state index contributed by atoms with van der Waals surface area (Å²) in [5.41, 5.74) is 0.601. The third-order valence-electron chi connectivity index (χ3n) is 3.67. The highest BCUT2D eigenvalue weighted by molar-refractivity contribution is 5.95. The van der Waals surface area contributed by atoms with Gasteiger partial charge in [-0.3, -0.25) is 9.36 Å². The maximum atomic E-state index is 12.3. The van der Waals surface area contributed by atoms with Gasteiger partial charge in [-0.2, -0.15) is 4.98 Å². The molecule has 0 aliphatic rings. The molecule has 0 bridgehead atoms. The molecular formula is C17H18N6O4. The van der Waals surface area contributed by atoms with Crippen LogP contribution in [0.5, 0.6) is 17.5 Å². The van der Waals surface area contributed by atoms with Crippen molar-refractivity contribution < 1.29 is 20.1 Å². The van der Waals surface area contributed by atoms with Gasteiger partial charge >= 0.3 is 0 Å². The number of rotatable bonds is 7. The zero-order chi connectivity index (χ0) is 19.2. The van der Waals surface area contributed by atoms with E-state index >= 15 is 0 Å². The Morgan fingerprint density at radius 1 is 1.11 bits per heavy atom. The Hall–Kier alpha value is -3.82. The second kappa shape index (κ2) is 8.04. The molecule has 27 heavy (non-hydrogen) atoms. The minimum Gasteiger partial charge on any atom is -0.504 e. The number of nitrogens with zero attached hydrogens (tertiary/aromatic N) is 4. The SMILES string of the molecule is O=C(NCCCn1cnc(O)c1O)c1nc(Nc2ccccc2)ncc1O. The van der Waals surface area contributed by atoms with Crippen molar-refractivity contribution in [2.45, 2.75) is 13.0 Å². The molecule has 0 spiro atoms. The van der Waals surface area contributed by atoms with Gasteiger partial charge < -0.3 is 26.0 Å². The van der Waals surface area contributed by atoms with Gasteiger partial charge in [0.15, 0.2) is 11.4 Å². The minimum atomic E-state index is -0.552. The lowest BCUT2D eigenvalue weighted by Gasteiger charge is -2.09. The molecule has 5 N–H and O–H groups in total. The number of anilines is 2. The molecule has 0 unspecified atom stereocenters. The summed E-state index contributed by atoms with van der Waals surface area (Å²) in [5.74, 6) is -1.47. The van der Waals surface area contributed by atoms with Gasteiger partial charge in [-0.15, -0.1) is 0 Å². The first-order valence-electron chi connectivity index (χ1n) is 8.14. The average Bonchev–Trinajstić information content (AvgIpc) is 2.99. The number of aryl methyl sites for hydroxylation is 1. The standard InChI is InChI=1S/C17H18N6O4/c24-12-9-19-17(21-11-5-2-1-3-6-11)22-13(12)14(25)18-7-4-8-23-10-20-15(26)16(23)27/h1-3,5-6,9-10,24,26-27H,4,7-8H2,(H,18,25)(H,19,21,22). The van der Waals surface area contributed by atoms with Crippen LogP contribution < -0.4 is 10.6 Å². The summed E-state index contributed by atoms with van der Waals surface area (Å²) >= 11 is 0. The number of nitrogens with one attached hydrogen (secondary N) is 2. The fraction of sp³-hybridized carbons (Fsp3) is 0.176. The molecule has 1 aromatic carbocycles. The lowest BCUT2D eigenvalue weighted by atomic mass is 10.3. The molecule has 2 aromatic heterocycles. The predicted octanol–water partition coefficient (Wildman–Crippen LogP) is 1.35. The van der Waals surface area contributed by atoms with Crippen LogP contribution in [0.3, 0.4) is 0 Å². The van der Waals surface area contributed by atoms with Crippen molar-refractivity contribution in [1.29, 1.82) is 0 Å². The number of benzene rings is 1. The molecule has 10 heteroatoms. The van der Waals surface area contributed by atoms with Crippen LogP contribution >= 0.6 is 0 Å². The smallest absolute Gasteiger partial charge is 0.274 e. The van der Waals surface area contributed by atoms with Gasteiger partial charge in [0.25, 0.3) is 17.7 Å². The third kappa shape index (κ3) is 4.42. The Balaban J connectivity index is 1.57. The number of carbonyl (C=O) groups is 1. The lowest BCUT2D eigenvalue weighted by molar-refractivity contribution is 0.0944. The molecule has 2 heterocycles. The number of aromatic hydroxyl groups is 3. The molecular weight excluding hydrogens is 352 g/mol. The van der Waals surface area contributed by atoms with Crippen LogP contribution in [-0.2, 0) is 6.54 Å². The number of para-hydroxylation sites is 1. The number of amides is 1. The van der Waals surface area contributed by atoms with E-state index in [1.165, 1.54) is 10.9 Å². The van der Waals surface area contributed by atoms with Gasteiger partial charge in [0.1, 0.15) is 6.33 Å². The van der Waals surface area contributed by atoms with Crippen LogP contribution in [0.4, 0.5) is 11.6 Å². The highest BCUT2D eigenvalue weighted by atomic mass is 16.3. The van der Waals surface area contributed by atoms with E-state index in [0.717, 1.165) is 11.9 Å². The molecule has 0 fully saturated rings. The molecule has 0 saturated carbocycles. The van der Waals surface area contributed by atoms with Crippen molar-refractivity contribution in [3.63, 3.8) is 0 Å². The van der Waals surface area contributed by atoms with Gasteiger partial charge in [0.05, 0.1) is 6.20 Å². The van der Waals surface area contributed by atoms with E-state index < -0.39 is 11.8 Å². The summed E-state index contributed by atoms with van der Waals surface area (Å²) in [6.07, 6.45) is 2.92. The van der Waals surface area contributed by atoms with Gasteiger partial charge in [-0.1, -0.05) is 18.2 Å². The Morgan fingerprint density at radius 2 is 1.89 bits per heavy atom. The summed E-state index contributed by atoms with van der Waals surface area (Å²) in [7, 11) is 0. The quantitative estimate of drug-likeness (QED) is 0.392. The number of hydrogen-bond donors (Lipinski definition) is 5. The first-order chi connectivity index (χ1) is 13.0. The zero-order valence-corrected chi connectivity index (χ0v) is 14.2. The van der Waals surface area contributed by atoms with Crippen LogP contribution in [0.15, 0.2) is 42.9 Å². The fourth-order valence-corrected chi connectivity index (χ4v) is 2.32. The van der Waals surface area contributed by atoms with E-state index in [1.54, 1.807) is 0 Å². The van der Waals surface area contributed by atoms with Crippen LogP contribution in [0.2, 0.25) is 0 Å². The van der Waals surface area contributed by atoms with E-state index in [0.29, 0.717) is 13.0 Å². The summed E-state index contributed by atoms with van der Waals surface area (Å²) < 4.78 is 1.35. The second-order valence-electron chi connectivity index (χ2n) is 5.61. The largest absolute Gasteiger partial charge is 0.504 e. The minimum absolute atomic E-state index is 0.147. The van der Waals surface area contributed by atoms with Crippen molar-refractivity contribution in [2.24, 2.45) is 0 Å². The Labute approximate surface area is 154 Å². The van der Waals surface area contributed by atoms with Gasteiger partial charge in [0, 0.05) is 18.8 Å². The Bertz CT molecular complexity index is 928. The fourth-order valence-electron chi connectivity index (χ4n) is 2.32. The molecule has 140 valence electrons. The highest BCUT2D eigenvalue weighted by Crippen LogP contribution is 2.21. The van der Waals surface area contributed by atoms with Gasteiger partial charge in [0.2, 0.25) is 5.95 Å². The number of imidazole rings is 1. The zero-order valence-electron chi connectivity index (χ0n) is 14.2. The Morgan fingerprint density at radius 3 is 2.59 bits per heavy atom. The van der Waals surface area contributed by atoms with Gasteiger partial charge in [-0.05, 0) is 18.6 Å². The number of aromatic nitrogens is 4. The number of hydrogen-bond acceptors (Lipinski definition) is 8. The average molecular weight is 370 g/mol. The normalized spacial score (nSPS) is 10.5. The van der Waals surface area contributed by atoms with Crippen LogP contribution in [0.25, 0.3) is 0 Å². The maximum Gasteiger partial charge on any atom is 0.274 e. The van der Waals surface area contributed by atoms with E-state index in [2.05, 4.69) is 25.6 Å². The van der Waals surface area contributed by atoms with Crippen LogP contribution in [-0.4, -0.2) is 47.3 Å². The van der Waals surface area contributed by atoms with Gasteiger partial charge in [-0.25, -0.2) is 9.97 Å². The number of carbonyl (C=O) groups excluding carboxylic acids is 1. The van der Waals surface area contributed by atoms with Crippen LogP contribution in [0.1, 0.15) is 16.9 Å². The Kier molecular flexibility index (Phi) is 5.36. The molecule has 3 rings (SSSR count). The van der Waals surface area contributed by atoms with E-state index in [9.17, 15) is 20.1 Å². The van der Waals surface area contributed by atoms with E-state index in [1.807, 2.05) is 30.3 Å².